The van der Waals surface area contributed by atoms with Gasteiger partial charge in [-0.2, -0.15) is 0 Å². The zero-order valence-corrected chi connectivity index (χ0v) is 11.6. The maximum absolute atomic E-state index is 12.2. The molecule has 2 unspecified atom stereocenters. The molecule has 3 heteroatoms. The van der Waals surface area contributed by atoms with E-state index in [0.29, 0.717) is 12.0 Å². The minimum Gasteiger partial charge on any atom is -0.352 e. The van der Waals surface area contributed by atoms with Crippen LogP contribution in [0.3, 0.4) is 0 Å². The van der Waals surface area contributed by atoms with Gasteiger partial charge in [0, 0.05) is 18.5 Å². The quantitative estimate of drug-likeness (QED) is 0.748. The number of carbonyl (C=O) groups is 1. The molecule has 1 rings (SSSR count). The summed E-state index contributed by atoms with van der Waals surface area (Å²) in [6.45, 7) is 8.56. The van der Waals surface area contributed by atoms with E-state index in [-0.39, 0.29) is 11.8 Å². The number of amides is 1. The predicted molar refractivity (Wildman–Crippen MR) is 71.9 cm³/mol. The molecule has 1 aliphatic rings. The molecule has 2 atom stereocenters. The molecule has 2 N–H and O–H groups in total. The molecule has 100 valence electrons. The van der Waals surface area contributed by atoms with Crippen LogP contribution in [0.1, 0.15) is 52.9 Å². The lowest BCUT2D eigenvalue weighted by Gasteiger charge is -2.29. The monoisotopic (exact) mass is 240 g/mol. The van der Waals surface area contributed by atoms with Gasteiger partial charge in [-0.25, -0.2) is 0 Å². The third-order valence-corrected chi connectivity index (χ3v) is 3.56. The van der Waals surface area contributed by atoms with E-state index in [9.17, 15) is 4.79 Å². The summed E-state index contributed by atoms with van der Waals surface area (Å²) in [5.41, 5.74) is 0. The van der Waals surface area contributed by atoms with E-state index in [2.05, 4.69) is 31.4 Å². The van der Waals surface area contributed by atoms with E-state index >= 15 is 0 Å². The zero-order valence-electron chi connectivity index (χ0n) is 11.6. The van der Waals surface area contributed by atoms with E-state index in [0.717, 1.165) is 45.2 Å². The van der Waals surface area contributed by atoms with Crippen LogP contribution in [-0.2, 0) is 4.79 Å². The summed E-state index contributed by atoms with van der Waals surface area (Å²) in [7, 11) is 0. The van der Waals surface area contributed by atoms with Gasteiger partial charge < -0.3 is 10.6 Å². The molecule has 0 aromatic heterocycles. The maximum Gasteiger partial charge on any atom is 0.223 e. The first kappa shape index (κ1) is 14.5. The summed E-state index contributed by atoms with van der Waals surface area (Å²) < 4.78 is 0. The summed E-state index contributed by atoms with van der Waals surface area (Å²) >= 11 is 0. The highest BCUT2D eigenvalue weighted by Gasteiger charge is 2.23. The van der Waals surface area contributed by atoms with Crippen LogP contribution in [0.15, 0.2) is 0 Å². The molecule has 17 heavy (non-hydrogen) atoms. The minimum absolute atomic E-state index is 0.224. The Balaban J connectivity index is 2.39. The Bertz CT molecular complexity index is 224. The van der Waals surface area contributed by atoms with Crippen molar-refractivity contribution in [2.24, 2.45) is 11.8 Å². The summed E-state index contributed by atoms with van der Waals surface area (Å²) in [5, 5.41) is 6.60. The van der Waals surface area contributed by atoms with E-state index in [4.69, 9.17) is 0 Å². The van der Waals surface area contributed by atoms with Gasteiger partial charge in [0.2, 0.25) is 5.91 Å². The molecule has 1 fully saturated rings. The fourth-order valence-electron chi connectivity index (χ4n) is 2.69. The second-order valence-electron chi connectivity index (χ2n) is 5.48. The standard InChI is InChI=1S/C14H28N2O/c1-4-6-12(7-5-2)14(17)16-13-8-11(3)9-15-10-13/h11-13,15H,4-10H2,1-3H3,(H,16,17). The first-order chi connectivity index (χ1) is 8.17. The number of hydrogen-bond acceptors (Lipinski definition) is 2. The maximum atomic E-state index is 12.2. The van der Waals surface area contributed by atoms with Gasteiger partial charge in [0.15, 0.2) is 0 Å². The molecule has 0 aromatic rings. The molecule has 1 heterocycles. The Labute approximate surface area is 106 Å². The van der Waals surface area contributed by atoms with Crippen LogP contribution in [0.2, 0.25) is 0 Å². The predicted octanol–water partition coefficient (Wildman–Crippen LogP) is 2.32. The van der Waals surface area contributed by atoms with Crippen LogP contribution < -0.4 is 10.6 Å². The largest absolute Gasteiger partial charge is 0.352 e. The topological polar surface area (TPSA) is 41.1 Å². The summed E-state index contributed by atoms with van der Waals surface area (Å²) in [6.07, 6.45) is 5.35. The second kappa shape index (κ2) is 7.70. The third-order valence-electron chi connectivity index (χ3n) is 3.56. The molecule has 0 saturated carbocycles. The van der Waals surface area contributed by atoms with E-state index in [1.165, 1.54) is 0 Å². The van der Waals surface area contributed by atoms with Crippen molar-refractivity contribution in [1.82, 2.24) is 10.6 Å². The molecule has 1 aliphatic heterocycles. The van der Waals surface area contributed by atoms with Gasteiger partial charge in [0.1, 0.15) is 0 Å². The van der Waals surface area contributed by atoms with Crippen LogP contribution in [0.25, 0.3) is 0 Å². The average molecular weight is 240 g/mol. The molecule has 0 aromatic carbocycles. The average Bonchev–Trinajstić information content (AvgIpc) is 2.28. The number of piperidine rings is 1. The lowest BCUT2D eigenvalue weighted by atomic mass is 9.94. The highest BCUT2D eigenvalue weighted by molar-refractivity contribution is 5.78. The third kappa shape index (κ3) is 5.07. The number of carbonyl (C=O) groups excluding carboxylic acids is 1. The van der Waals surface area contributed by atoms with Crippen molar-refractivity contribution in [2.45, 2.75) is 58.9 Å². The molecular weight excluding hydrogens is 212 g/mol. The van der Waals surface area contributed by atoms with Crippen LogP contribution in [0.4, 0.5) is 0 Å². The molecule has 1 saturated heterocycles. The number of rotatable bonds is 6. The first-order valence-corrected chi connectivity index (χ1v) is 7.18. The van der Waals surface area contributed by atoms with Crippen LogP contribution in [0.5, 0.6) is 0 Å². The van der Waals surface area contributed by atoms with Crippen molar-refractivity contribution in [1.29, 1.82) is 0 Å². The molecule has 1 amide bonds. The number of hydrogen-bond donors (Lipinski definition) is 2. The van der Waals surface area contributed by atoms with Crippen molar-refractivity contribution in [3.05, 3.63) is 0 Å². The normalized spacial score (nSPS) is 24.9. The van der Waals surface area contributed by atoms with Crippen LogP contribution in [-0.4, -0.2) is 25.0 Å². The Hall–Kier alpha value is -0.570. The molecular formula is C14H28N2O. The molecule has 3 nitrogen and oxygen atoms in total. The SMILES string of the molecule is CCCC(CCC)C(=O)NC1CNCC(C)C1. The van der Waals surface area contributed by atoms with Gasteiger partial charge >= 0.3 is 0 Å². The summed E-state index contributed by atoms with van der Waals surface area (Å²) in [5.74, 6) is 1.17. The van der Waals surface area contributed by atoms with Crippen molar-refractivity contribution in [3.8, 4) is 0 Å². The molecule has 0 radical (unpaired) electrons. The van der Waals surface area contributed by atoms with Gasteiger partial charge in [-0.05, 0) is 31.7 Å². The first-order valence-electron chi connectivity index (χ1n) is 7.18. The van der Waals surface area contributed by atoms with Gasteiger partial charge in [-0.3, -0.25) is 4.79 Å². The van der Waals surface area contributed by atoms with Crippen molar-refractivity contribution < 1.29 is 4.79 Å². The fourth-order valence-corrected chi connectivity index (χ4v) is 2.69. The lowest BCUT2D eigenvalue weighted by Crippen LogP contribution is -2.49. The fraction of sp³-hybridized carbons (Fsp3) is 0.929. The Morgan fingerprint density at radius 2 is 1.94 bits per heavy atom. The summed E-state index contributed by atoms with van der Waals surface area (Å²) in [6, 6.07) is 0.336. The smallest absolute Gasteiger partial charge is 0.223 e. The van der Waals surface area contributed by atoms with Crippen LogP contribution in [0, 0.1) is 11.8 Å². The Morgan fingerprint density at radius 3 is 2.47 bits per heavy atom. The summed E-state index contributed by atoms with van der Waals surface area (Å²) in [4.78, 5) is 12.2. The zero-order chi connectivity index (χ0) is 12.7. The highest BCUT2D eigenvalue weighted by Crippen LogP contribution is 2.15. The Morgan fingerprint density at radius 1 is 1.29 bits per heavy atom. The molecule has 0 bridgehead atoms. The van der Waals surface area contributed by atoms with E-state index < -0.39 is 0 Å². The van der Waals surface area contributed by atoms with Crippen molar-refractivity contribution in [3.63, 3.8) is 0 Å². The number of nitrogens with one attached hydrogen (secondary N) is 2. The van der Waals surface area contributed by atoms with Crippen molar-refractivity contribution in [2.75, 3.05) is 13.1 Å². The van der Waals surface area contributed by atoms with Gasteiger partial charge in [0.25, 0.3) is 0 Å². The van der Waals surface area contributed by atoms with Gasteiger partial charge in [-0.1, -0.05) is 33.6 Å². The van der Waals surface area contributed by atoms with Crippen LogP contribution >= 0.6 is 0 Å². The lowest BCUT2D eigenvalue weighted by molar-refractivity contribution is -0.126. The Kier molecular flexibility index (Phi) is 6.56. The van der Waals surface area contributed by atoms with E-state index in [1.54, 1.807) is 0 Å². The van der Waals surface area contributed by atoms with E-state index in [1.807, 2.05) is 0 Å². The van der Waals surface area contributed by atoms with Crippen molar-refractivity contribution >= 4 is 5.91 Å². The second-order valence-corrected chi connectivity index (χ2v) is 5.48. The highest BCUT2D eigenvalue weighted by atomic mass is 16.1. The molecule has 0 spiro atoms. The minimum atomic E-state index is 0.224. The molecule has 0 aliphatic carbocycles. The van der Waals surface area contributed by atoms with Gasteiger partial charge in [0.05, 0.1) is 0 Å². The van der Waals surface area contributed by atoms with Gasteiger partial charge in [-0.15, -0.1) is 0 Å².